The van der Waals surface area contributed by atoms with Gasteiger partial charge in [-0.15, -0.1) is 0 Å². The summed E-state index contributed by atoms with van der Waals surface area (Å²) < 4.78 is 1.89. The van der Waals surface area contributed by atoms with Gasteiger partial charge in [-0.1, -0.05) is 29.8 Å². The highest BCUT2D eigenvalue weighted by atomic mass is 35.5. The molecule has 1 aromatic heterocycles. The molecule has 0 radical (unpaired) electrons. The molecular formula is C20H20ClN5O2S. The first-order chi connectivity index (χ1) is 14.0. The fourth-order valence-corrected chi connectivity index (χ4v) is 3.48. The zero-order chi connectivity index (χ0) is 20.6. The number of amides is 3. The fraction of sp³-hybridized carbons (Fsp3) is 0.150. The van der Waals surface area contributed by atoms with E-state index in [0.29, 0.717) is 16.4 Å². The van der Waals surface area contributed by atoms with Crippen LogP contribution in [-0.2, 0) is 11.8 Å². The summed E-state index contributed by atoms with van der Waals surface area (Å²) in [7, 11) is 1.90. The minimum Gasteiger partial charge on any atom is -0.337 e. The third-order valence-electron chi connectivity index (χ3n) is 3.86. The van der Waals surface area contributed by atoms with Crippen molar-refractivity contribution < 1.29 is 9.59 Å². The number of imidazole rings is 1. The van der Waals surface area contributed by atoms with E-state index in [-0.39, 0.29) is 24.9 Å². The van der Waals surface area contributed by atoms with E-state index >= 15 is 0 Å². The Bertz CT molecular complexity index is 994. The van der Waals surface area contributed by atoms with Gasteiger partial charge in [-0.2, -0.15) is 0 Å². The maximum absolute atomic E-state index is 12.3. The third-order valence-corrected chi connectivity index (χ3v) is 5.25. The van der Waals surface area contributed by atoms with Gasteiger partial charge in [0.2, 0.25) is 5.91 Å². The normalized spacial score (nSPS) is 10.4. The van der Waals surface area contributed by atoms with Gasteiger partial charge in [0.05, 0.1) is 5.69 Å². The zero-order valence-electron chi connectivity index (χ0n) is 15.7. The number of aryl methyl sites for hydroxylation is 1. The molecule has 3 N–H and O–H groups in total. The highest BCUT2D eigenvalue weighted by Gasteiger charge is 2.12. The van der Waals surface area contributed by atoms with Crippen molar-refractivity contribution in [3.63, 3.8) is 0 Å². The zero-order valence-corrected chi connectivity index (χ0v) is 17.3. The van der Waals surface area contributed by atoms with Crippen LogP contribution in [0.2, 0.25) is 5.02 Å². The Balaban J connectivity index is 1.53. The number of para-hydroxylation sites is 1. The molecule has 0 bridgehead atoms. The van der Waals surface area contributed by atoms with Gasteiger partial charge in [-0.25, -0.2) is 9.78 Å². The van der Waals surface area contributed by atoms with Crippen LogP contribution in [0.25, 0.3) is 0 Å². The Labute approximate surface area is 177 Å². The molecule has 0 unspecified atom stereocenters. The Morgan fingerprint density at radius 3 is 2.66 bits per heavy atom. The Hall–Kier alpha value is -2.97. The summed E-state index contributed by atoms with van der Waals surface area (Å²) in [5, 5.41) is 9.53. The lowest BCUT2D eigenvalue weighted by Gasteiger charge is -2.12. The maximum Gasteiger partial charge on any atom is 0.319 e. The lowest BCUT2D eigenvalue weighted by molar-refractivity contribution is -0.116. The summed E-state index contributed by atoms with van der Waals surface area (Å²) in [6.07, 6.45) is 3.69. The van der Waals surface area contributed by atoms with E-state index in [0.717, 1.165) is 10.1 Å². The molecule has 0 fully saturated rings. The summed E-state index contributed by atoms with van der Waals surface area (Å²) in [5.41, 5.74) is 1.29. The second-order valence-corrected chi connectivity index (χ2v) is 7.55. The van der Waals surface area contributed by atoms with Gasteiger partial charge in [0.15, 0.2) is 5.16 Å². The lowest BCUT2D eigenvalue weighted by Crippen LogP contribution is -2.31. The van der Waals surface area contributed by atoms with E-state index < -0.39 is 0 Å². The van der Waals surface area contributed by atoms with Gasteiger partial charge >= 0.3 is 6.03 Å². The predicted octanol–water partition coefficient (Wildman–Crippen LogP) is 4.38. The molecule has 3 aromatic rings. The summed E-state index contributed by atoms with van der Waals surface area (Å²) in [4.78, 5) is 29.3. The SMILES string of the molecule is Cn1ccnc1Sc1ccc(Cl)cc1NC(=O)CCNC(=O)Nc1ccccc1. The molecule has 1 heterocycles. The van der Waals surface area contributed by atoms with Gasteiger partial charge in [0.1, 0.15) is 0 Å². The summed E-state index contributed by atoms with van der Waals surface area (Å²) in [6.45, 7) is 0.201. The average molecular weight is 430 g/mol. The van der Waals surface area contributed by atoms with Gasteiger partial charge in [0, 0.05) is 48.0 Å². The minimum absolute atomic E-state index is 0.126. The molecule has 0 aliphatic heterocycles. The average Bonchev–Trinajstić information content (AvgIpc) is 3.09. The van der Waals surface area contributed by atoms with Crippen LogP contribution in [0.4, 0.5) is 16.2 Å². The molecule has 150 valence electrons. The number of aromatic nitrogens is 2. The fourth-order valence-electron chi connectivity index (χ4n) is 2.44. The summed E-state index contributed by atoms with van der Waals surface area (Å²) in [5.74, 6) is -0.228. The van der Waals surface area contributed by atoms with Gasteiger partial charge in [-0.05, 0) is 42.1 Å². The van der Waals surface area contributed by atoms with Crippen molar-refractivity contribution in [2.24, 2.45) is 7.05 Å². The van der Waals surface area contributed by atoms with Crippen LogP contribution < -0.4 is 16.0 Å². The monoisotopic (exact) mass is 429 g/mol. The molecule has 29 heavy (non-hydrogen) atoms. The molecule has 9 heteroatoms. The van der Waals surface area contributed by atoms with Crippen molar-refractivity contribution >= 4 is 46.7 Å². The molecule has 0 saturated heterocycles. The largest absolute Gasteiger partial charge is 0.337 e. The number of benzene rings is 2. The highest BCUT2D eigenvalue weighted by Crippen LogP contribution is 2.34. The van der Waals surface area contributed by atoms with Crippen molar-refractivity contribution in [1.29, 1.82) is 0 Å². The number of nitrogens with one attached hydrogen (secondary N) is 3. The molecule has 3 rings (SSSR count). The molecule has 0 aliphatic rings. The number of hydrogen-bond donors (Lipinski definition) is 3. The number of anilines is 2. The van der Waals surface area contributed by atoms with E-state index in [9.17, 15) is 9.59 Å². The molecule has 0 saturated carbocycles. The van der Waals surface area contributed by atoms with Gasteiger partial charge < -0.3 is 20.5 Å². The molecule has 0 spiro atoms. The highest BCUT2D eigenvalue weighted by molar-refractivity contribution is 7.99. The van der Waals surface area contributed by atoms with E-state index in [1.54, 1.807) is 30.5 Å². The van der Waals surface area contributed by atoms with Crippen LogP contribution in [0, 0.1) is 0 Å². The first kappa shape index (κ1) is 20.8. The van der Waals surface area contributed by atoms with Crippen LogP contribution in [-0.4, -0.2) is 28.0 Å². The Morgan fingerprint density at radius 1 is 1.14 bits per heavy atom. The summed E-state index contributed by atoms with van der Waals surface area (Å²) in [6, 6.07) is 14.0. The quantitative estimate of drug-likeness (QED) is 0.520. The van der Waals surface area contributed by atoms with E-state index in [1.807, 2.05) is 42.1 Å². The van der Waals surface area contributed by atoms with Gasteiger partial charge in [0.25, 0.3) is 0 Å². The van der Waals surface area contributed by atoms with Crippen molar-refractivity contribution in [1.82, 2.24) is 14.9 Å². The Kier molecular flexibility index (Phi) is 7.15. The topological polar surface area (TPSA) is 88.1 Å². The third kappa shape index (κ3) is 6.27. The number of hydrogen-bond acceptors (Lipinski definition) is 4. The van der Waals surface area contributed by atoms with E-state index in [2.05, 4.69) is 20.9 Å². The Morgan fingerprint density at radius 2 is 1.93 bits per heavy atom. The number of nitrogens with zero attached hydrogens (tertiary/aromatic N) is 2. The number of rotatable bonds is 7. The van der Waals surface area contributed by atoms with Crippen LogP contribution in [0.5, 0.6) is 0 Å². The first-order valence-electron chi connectivity index (χ1n) is 8.86. The lowest BCUT2D eigenvalue weighted by atomic mass is 10.3. The van der Waals surface area contributed by atoms with Crippen LogP contribution >= 0.6 is 23.4 Å². The second kappa shape index (κ2) is 9.99. The van der Waals surface area contributed by atoms with Crippen LogP contribution in [0.15, 0.2) is 71.0 Å². The van der Waals surface area contributed by atoms with Crippen molar-refractivity contribution in [3.05, 3.63) is 65.9 Å². The first-order valence-corrected chi connectivity index (χ1v) is 10.0. The van der Waals surface area contributed by atoms with Crippen LogP contribution in [0.3, 0.4) is 0 Å². The van der Waals surface area contributed by atoms with Gasteiger partial charge in [-0.3, -0.25) is 4.79 Å². The minimum atomic E-state index is -0.363. The second-order valence-electron chi connectivity index (χ2n) is 6.11. The number of carbonyl (C=O) groups is 2. The van der Waals surface area contributed by atoms with E-state index in [1.165, 1.54) is 11.8 Å². The molecule has 3 amide bonds. The van der Waals surface area contributed by atoms with Crippen molar-refractivity contribution in [2.75, 3.05) is 17.2 Å². The molecule has 0 aliphatic carbocycles. The van der Waals surface area contributed by atoms with Crippen molar-refractivity contribution in [3.8, 4) is 0 Å². The number of urea groups is 1. The molecule has 0 atom stereocenters. The maximum atomic E-state index is 12.3. The molecule has 7 nitrogen and oxygen atoms in total. The smallest absolute Gasteiger partial charge is 0.319 e. The molecular weight excluding hydrogens is 410 g/mol. The number of halogens is 1. The predicted molar refractivity (Wildman–Crippen MR) is 115 cm³/mol. The summed E-state index contributed by atoms with van der Waals surface area (Å²) >= 11 is 7.52. The van der Waals surface area contributed by atoms with E-state index in [4.69, 9.17) is 11.6 Å². The standard InChI is InChI=1S/C20H20ClN5O2S/c1-26-12-11-23-20(26)29-17-8-7-14(21)13-16(17)25-18(27)9-10-22-19(28)24-15-5-3-2-4-6-15/h2-8,11-13H,9-10H2,1H3,(H,25,27)(H2,22,24,28). The molecule has 2 aromatic carbocycles. The van der Waals surface area contributed by atoms with Crippen molar-refractivity contribution in [2.45, 2.75) is 16.5 Å². The van der Waals surface area contributed by atoms with Crippen LogP contribution in [0.1, 0.15) is 6.42 Å². The number of carbonyl (C=O) groups excluding carboxylic acids is 2.